The monoisotopic (exact) mass is 559 g/mol. The van der Waals surface area contributed by atoms with Gasteiger partial charge in [0.1, 0.15) is 0 Å². The second-order valence-electron chi connectivity index (χ2n) is 10.7. The van der Waals surface area contributed by atoms with Crippen LogP contribution >= 0.6 is 11.6 Å². The lowest BCUT2D eigenvalue weighted by molar-refractivity contribution is 0.0949. The van der Waals surface area contributed by atoms with E-state index in [4.69, 9.17) is 11.6 Å². The number of nitrogens with zero attached hydrogens (tertiary/aromatic N) is 2. The van der Waals surface area contributed by atoms with Crippen LogP contribution in [0, 0.1) is 0 Å². The van der Waals surface area contributed by atoms with Crippen molar-refractivity contribution in [2.45, 2.75) is 31.8 Å². The molecule has 1 aliphatic heterocycles. The number of urea groups is 1. The number of fused-ring (bicyclic) bond motifs is 2. The molecule has 0 aromatic heterocycles. The van der Waals surface area contributed by atoms with Crippen molar-refractivity contribution in [2.24, 2.45) is 0 Å². The molecule has 3 amide bonds. The molecule has 0 spiro atoms. The number of likely N-dealkylation sites (N-methyl/N-ethyl adjacent to an activating group) is 1. The molecule has 1 aliphatic carbocycles. The summed E-state index contributed by atoms with van der Waals surface area (Å²) < 4.78 is 0. The summed E-state index contributed by atoms with van der Waals surface area (Å²) in [6.45, 7) is 6.21. The summed E-state index contributed by atoms with van der Waals surface area (Å²) in [5.74, 6) is -0.136. The Morgan fingerprint density at radius 3 is 2.17 bits per heavy atom. The third kappa shape index (κ3) is 7.02. The van der Waals surface area contributed by atoms with Gasteiger partial charge in [0.05, 0.1) is 6.04 Å². The van der Waals surface area contributed by atoms with Gasteiger partial charge in [-0.2, -0.15) is 0 Å². The van der Waals surface area contributed by atoms with E-state index < -0.39 is 0 Å². The van der Waals surface area contributed by atoms with E-state index in [0.717, 1.165) is 68.7 Å². The molecule has 2 aliphatic rings. The number of aryl methyl sites for hydroxylation is 2. The Kier molecular flexibility index (Phi) is 9.37. The van der Waals surface area contributed by atoms with Gasteiger partial charge in [-0.15, -0.1) is 0 Å². The van der Waals surface area contributed by atoms with E-state index in [1.807, 2.05) is 24.3 Å². The molecule has 8 heteroatoms. The maximum absolute atomic E-state index is 13.0. The lowest BCUT2D eigenvalue weighted by atomic mass is 9.95. The first-order valence-corrected chi connectivity index (χ1v) is 14.5. The van der Waals surface area contributed by atoms with Crippen LogP contribution in [0.3, 0.4) is 0 Å². The molecule has 3 N–H and O–H groups in total. The van der Waals surface area contributed by atoms with Gasteiger partial charge < -0.3 is 25.8 Å². The summed E-state index contributed by atoms with van der Waals surface area (Å²) in [7, 11) is 2.15. The van der Waals surface area contributed by atoms with Crippen LogP contribution in [-0.4, -0.2) is 68.1 Å². The number of piperazine rings is 1. The van der Waals surface area contributed by atoms with Gasteiger partial charge in [-0.25, -0.2) is 4.79 Å². The second kappa shape index (κ2) is 13.3. The zero-order valence-corrected chi connectivity index (χ0v) is 23.8. The fraction of sp³-hybridized carbons (Fsp3) is 0.375. The molecule has 40 heavy (non-hydrogen) atoms. The Hall–Kier alpha value is -3.39. The van der Waals surface area contributed by atoms with Gasteiger partial charge >= 0.3 is 6.03 Å². The normalized spacial score (nSPS) is 15.9. The second-order valence-corrected chi connectivity index (χ2v) is 11.1. The molecular weight excluding hydrogens is 522 g/mol. The van der Waals surface area contributed by atoms with E-state index in [1.165, 1.54) is 11.1 Å². The molecule has 210 valence electrons. The van der Waals surface area contributed by atoms with Gasteiger partial charge in [-0.05, 0) is 72.8 Å². The van der Waals surface area contributed by atoms with Crippen LogP contribution in [0.15, 0.2) is 66.7 Å². The summed E-state index contributed by atoms with van der Waals surface area (Å²) >= 11 is 6.52. The maximum atomic E-state index is 13.0. The van der Waals surface area contributed by atoms with Crippen LogP contribution in [-0.2, 0) is 19.4 Å². The molecule has 5 rings (SSSR count). The highest BCUT2D eigenvalue weighted by Crippen LogP contribution is 2.32. The molecule has 0 atom stereocenters. The molecule has 0 saturated carbocycles. The first-order chi connectivity index (χ1) is 19.5. The average Bonchev–Trinajstić information content (AvgIpc) is 3.12. The molecule has 0 unspecified atom stereocenters. The summed E-state index contributed by atoms with van der Waals surface area (Å²) in [6.07, 6.45) is 2.80. The van der Waals surface area contributed by atoms with Crippen LogP contribution in [0.2, 0.25) is 5.02 Å². The van der Waals surface area contributed by atoms with E-state index in [0.29, 0.717) is 17.1 Å². The number of hydrogen-bond donors (Lipinski definition) is 3. The van der Waals surface area contributed by atoms with Crippen molar-refractivity contribution < 1.29 is 9.59 Å². The van der Waals surface area contributed by atoms with Crippen LogP contribution < -0.4 is 16.0 Å². The van der Waals surface area contributed by atoms with Crippen LogP contribution in [0.25, 0.3) is 0 Å². The molecule has 1 saturated heterocycles. The van der Waals surface area contributed by atoms with Gasteiger partial charge in [0, 0.05) is 49.9 Å². The SMILES string of the molecule is CN1CCN(CCCNC(=O)c2ccc(CNC(=O)NC3c4ccccc4CCc4ccccc43)c(Cl)c2)CC1. The number of rotatable bonds is 8. The highest BCUT2D eigenvalue weighted by molar-refractivity contribution is 6.31. The van der Waals surface area contributed by atoms with Gasteiger partial charge in [0.2, 0.25) is 0 Å². The van der Waals surface area contributed by atoms with Crippen molar-refractivity contribution in [3.8, 4) is 0 Å². The van der Waals surface area contributed by atoms with Gasteiger partial charge in [-0.1, -0.05) is 66.2 Å². The highest BCUT2D eigenvalue weighted by Gasteiger charge is 2.24. The fourth-order valence-electron chi connectivity index (χ4n) is 5.55. The smallest absolute Gasteiger partial charge is 0.315 e. The van der Waals surface area contributed by atoms with E-state index in [2.05, 4.69) is 57.1 Å². The van der Waals surface area contributed by atoms with Crippen LogP contribution in [0.5, 0.6) is 0 Å². The van der Waals surface area contributed by atoms with Gasteiger partial charge in [0.25, 0.3) is 5.91 Å². The highest BCUT2D eigenvalue weighted by atomic mass is 35.5. The van der Waals surface area contributed by atoms with Crippen molar-refractivity contribution in [1.29, 1.82) is 0 Å². The Morgan fingerprint density at radius 1 is 0.875 bits per heavy atom. The molecule has 0 bridgehead atoms. The molecule has 3 aromatic carbocycles. The lowest BCUT2D eigenvalue weighted by Crippen LogP contribution is -2.45. The van der Waals surface area contributed by atoms with Crippen molar-refractivity contribution >= 4 is 23.5 Å². The first-order valence-electron chi connectivity index (χ1n) is 14.2. The van der Waals surface area contributed by atoms with Crippen molar-refractivity contribution in [2.75, 3.05) is 46.3 Å². The third-order valence-corrected chi connectivity index (χ3v) is 8.31. The maximum Gasteiger partial charge on any atom is 0.315 e. The third-order valence-electron chi connectivity index (χ3n) is 7.96. The van der Waals surface area contributed by atoms with Gasteiger partial charge in [0.15, 0.2) is 0 Å². The summed E-state index contributed by atoms with van der Waals surface area (Å²) in [4.78, 5) is 30.5. The quantitative estimate of drug-likeness (QED) is 0.358. The average molecular weight is 560 g/mol. The number of carbonyl (C=O) groups is 2. The van der Waals surface area contributed by atoms with E-state index >= 15 is 0 Å². The summed E-state index contributed by atoms with van der Waals surface area (Å²) in [5, 5.41) is 9.58. The summed E-state index contributed by atoms with van der Waals surface area (Å²) in [5.41, 5.74) is 6.02. The Morgan fingerprint density at radius 2 is 1.52 bits per heavy atom. The Labute approximate surface area is 241 Å². The Bertz CT molecular complexity index is 1290. The molecule has 3 aromatic rings. The lowest BCUT2D eigenvalue weighted by Gasteiger charge is -2.32. The number of halogens is 1. The largest absolute Gasteiger partial charge is 0.352 e. The van der Waals surface area contributed by atoms with E-state index in [1.54, 1.807) is 18.2 Å². The number of hydrogen-bond acceptors (Lipinski definition) is 4. The predicted octanol–water partition coefficient (Wildman–Crippen LogP) is 4.39. The number of amides is 3. The minimum absolute atomic E-state index is 0.136. The topological polar surface area (TPSA) is 76.7 Å². The van der Waals surface area contributed by atoms with Crippen LogP contribution in [0.1, 0.15) is 50.6 Å². The minimum atomic E-state index is -0.269. The first kappa shape index (κ1) is 28.1. The minimum Gasteiger partial charge on any atom is -0.352 e. The standard InChI is InChI=1S/C32H38ClN5O2/c1-37-17-19-38(20-18-37)16-6-15-34-31(39)25-13-14-26(29(33)21-25)22-35-32(40)36-30-27-9-4-2-7-23(27)11-12-24-8-3-5-10-28(24)30/h2-5,7-10,13-14,21,30H,6,11-12,15-20,22H2,1H3,(H,34,39)(H2,35,36,40). The van der Waals surface area contributed by atoms with Crippen molar-refractivity contribution in [3.63, 3.8) is 0 Å². The molecule has 1 fully saturated rings. The van der Waals surface area contributed by atoms with Crippen molar-refractivity contribution in [1.82, 2.24) is 25.8 Å². The molecule has 0 radical (unpaired) electrons. The summed E-state index contributed by atoms with van der Waals surface area (Å²) in [6, 6.07) is 21.3. The zero-order chi connectivity index (χ0) is 27.9. The number of carbonyl (C=O) groups excluding carboxylic acids is 2. The van der Waals surface area contributed by atoms with E-state index in [-0.39, 0.29) is 24.5 Å². The van der Waals surface area contributed by atoms with Gasteiger partial charge in [-0.3, -0.25) is 4.79 Å². The Balaban J connectivity index is 1.13. The number of benzene rings is 3. The van der Waals surface area contributed by atoms with Crippen LogP contribution in [0.4, 0.5) is 4.79 Å². The molecule has 1 heterocycles. The molecule has 7 nitrogen and oxygen atoms in total. The van der Waals surface area contributed by atoms with E-state index in [9.17, 15) is 9.59 Å². The zero-order valence-electron chi connectivity index (χ0n) is 23.1. The fourth-order valence-corrected chi connectivity index (χ4v) is 5.79. The van der Waals surface area contributed by atoms with Crippen molar-refractivity contribution in [3.05, 3.63) is 105 Å². The predicted molar refractivity (Wildman–Crippen MR) is 160 cm³/mol. The molecular formula is C32H38ClN5O2. The number of nitrogens with one attached hydrogen (secondary N) is 3.